The Balaban J connectivity index is 2.19. The van der Waals surface area contributed by atoms with Crippen molar-refractivity contribution >= 4 is 16.5 Å². The number of rotatable bonds is 3. The van der Waals surface area contributed by atoms with Gasteiger partial charge in [-0.1, -0.05) is 18.2 Å². The van der Waals surface area contributed by atoms with Crippen molar-refractivity contribution in [1.29, 1.82) is 0 Å². The summed E-state index contributed by atoms with van der Waals surface area (Å²) in [6.45, 7) is 0. The van der Waals surface area contributed by atoms with Crippen LogP contribution in [0.2, 0.25) is 0 Å². The molecule has 20 heavy (non-hydrogen) atoms. The number of halogens is 3. The first kappa shape index (κ1) is 14.6. The SMILES string of the molecule is Nc1ccc(CS(=O)c2cccc(C(F)(F)F)c2)cc1. The average Bonchev–Trinajstić information content (AvgIpc) is 2.40. The molecule has 0 radical (unpaired) electrons. The Labute approximate surface area is 116 Å². The van der Waals surface area contributed by atoms with E-state index in [1.54, 1.807) is 24.3 Å². The second-order valence-corrected chi connectivity index (χ2v) is 5.71. The monoisotopic (exact) mass is 299 g/mol. The van der Waals surface area contributed by atoms with Gasteiger partial charge in [-0.3, -0.25) is 4.21 Å². The van der Waals surface area contributed by atoms with Crippen LogP contribution in [0.3, 0.4) is 0 Å². The summed E-state index contributed by atoms with van der Waals surface area (Å²) in [4.78, 5) is 0.164. The minimum Gasteiger partial charge on any atom is -0.399 e. The lowest BCUT2D eigenvalue weighted by atomic mass is 10.2. The van der Waals surface area contributed by atoms with Gasteiger partial charge in [-0.25, -0.2) is 0 Å². The highest BCUT2D eigenvalue weighted by Crippen LogP contribution is 2.30. The third-order valence-corrected chi connectivity index (χ3v) is 4.08. The number of alkyl halides is 3. The van der Waals surface area contributed by atoms with Crippen LogP contribution in [-0.2, 0) is 22.7 Å². The number of nitrogen functional groups attached to an aromatic ring is 1. The first-order valence-corrected chi connectivity index (χ1v) is 7.08. The number of anilines is 1. The van der Waals surface area contributed by atoms with Crippen LogP contribution in [0.15, 0.2) is 53.4 Å². The topological polar surface area (TPSA) is 43.1 Å². The molecular formula is C14H12F3NOS. The van der Waals surface area contributed by atoms with E-state index in [2.05, 4.69) is 0 Å². The molecule has 0 spiro atoms. The molecule has 0 bridgehead atoms. The Bertz CT molecular complexity index is 623. The van der Waals surface area contributed by atoms with Gasteiger partial charge in [0.05, 0.1) is 22.1 Å². The highest BCUT2D eigenvalue weighted by molar-refractivity contribution is 7.84. The molecule has 0 aliphatic rings. The zero-order valence-corrected chi connectivity index (χ0v) is 11.2. The Kier molecular flexibility index (Phi) is 4.13. The first-order valence-electron chi connectivity index (χ1n) is 5.76. The zero-order chi connectivity index (χ0) is 14.8. The van der Waals surface area contributed by atoms with Crippen LogP contribution in [0.5, 0.6) is 0 Å². The average molecular weight is 299 g/mol. The molecule has 2 nitrogen and oxygen atoms in total. The highest BCUT2D eigenvalue weighted by atomic mass is 32.2. The Hall–Kier alpha value is -1.82. The standard InChI is InChI=1S/C14H12F3NOS/c15-14(16,17)11-2-1-3-13(8-11)20(19)9-10-4-6-12(18)7-5-10/h1-8H,9,18H2. The lowest BCUT2D eigenvalue weighted by molar-refractivity contribution is -0.137. The fraction of sp³-hybridized carbons (Fsp3) is 0.143. The third-order valence-electron chi connectivity index (χ3n) is 2.70. The summed E-state index contributed by atoms with van der Waals surface area (Å²) in [6.07, 6.45) is -4.43. The molecule has 2 aromatic rings. The molecule has 0 aliphatic carbocycles. The van der Waals surface area contributed by atoms with Crippen LogP contribution in [0.4, 0.5) is 18.9 Å². The summed E-state index contributed by atoms with van der Waals surface area (Å²) >= 11 is 0. The van der Waals surface area contributed by atoms with Crippen molar-refractivity contribution in [3.05, 3.63) is 59.7 Å². The summed E-state index contributed by atoms with van der Waals surface area (Å²) in [6, 6.07) is 11.3. The van der Waals surface area contributed by atoms with Crippen molar-refractivity contribution in [2.75, 3.05) is 5.73 Å². The number of nitrogens with two attached hydrogens (primary N) is 1. The molecule has 0 amide bonds. The van der Waals surface area contributed by atoms with Gasteiger partial charge in [0.25, 0.3) is 0 Å². The molecule has 1 atom stereocenters. The van der Waals surface area contributed by atoms with Crippen molar-refractivity contribution in [1.82, 2.24) is 0 Å². The predicted octanol–water partition coefficient (Wildman–Crippen LogP) is 3.60. The van der Waals surface area contributed by atoms with Crippen LogP contribution in [-0.4, -0.2) is 4.21 Å². The van der Waals surface area contributed by atoms with Crippen LogP contribution in [0.1, 0.15) is 11.1 Å². The maximum atomic E-state index is 12.6. The van der Waals surface area contributed by atoms with E-state index in [-0.39, 0.29) is 10.6 Å². The lowest BCUT2D eigenvalue weighted by Gasteiger charge is -2.08. The van der Waals surface area contributed by atoms with Crippen LogP contribution in [0.25, 0.3) is 0 Å². The molecule has 2 N–H and O–H groups in total. The Morgan fingerprint density at radius 3 is 2.30 bits per heavy atom. The van der Waals surface area contributed by atoms with Gasteiger partial charge in [0.15, 0.2) is 0 Å². The maximum Gasteiger partial charge on any atom is 0.416 e. The van der Waals surface area contributed by atoms with E-state index >= 15 is 0 Å². The number of benzene rings is 2. The largest absolute Gasteiger partial charge is 0.416 e. The van der Waals surface area contributed by atoms with Gasteiger partial charge in [-0.2, -0.15) is 13.2 Å². The summed E-state index contributed by atoms with van der Waals surface area (Å²) in [5.74, 6) is 0.154. The van der Waals surface area contributed by atoms with Crippen LogP contribution < -0.4 is 5.73 Å². The molecule has 0 heterocycles. The second-order valence-electron chi connectivity index (χ2n) is 4.26. The van der Waals surface area contributed by atoms with E-state index in [0.717, 1.165) is 17.7 Å². The molecule has 1 unspecified atom stereocenters. The number of hydrogen-bond acceptors (Lipinski definition) is 2. The molecule has 0 saturated heterocycles. The van der Waals surface area contributed by atoms with Gasteiger partial charge < -0.3 is 5.73 Å². The molecule has 2 rings (SSSR count). The molecule has 6 heteroatoms. The van der Waals surface area contributed by atoms with E-state index in [4.69, 9.17) is 5.73 Å². The second kappa shape index (κ2) is 5.66. The first-order chi connectivity index (χ1) is 9.36. The minimum atomic E-state index is -4.43. The van der Waals surface area contributed by atoms with E-state index in [9.17, 15) is 17.4 Å². The molecule has 106 valence electrons. The van der Waals surface area contributed by atoms with Crippen molar-refractivity contribution in [3.63, 3.8) is 0 Å². The van der Waals surface area contributed by atoms with Gasteiger partial charge in [0.1, 0.15) is 0 Å². The fourth-order valence-corrected chi connectivity index (χ4v) is 2.81. The number of hydrogen-bond donors (Lipinski definition) is 1. The quantitative estimate of drug-likeness (QED) is 0.880. The van der Waals surface area contributed by atoms with Gasteiger partial charge in [-0.05, 0) is 35.9 Å². The van der Waals surface area contributed by atoms with Crippen molar-refractivity contribution in [2.45, 2.75) is 16.8 Å². The maximum absolute atomic E-state index is 12.6. The van der Waals surface area contributed by atoms with Crippen LogP contribution in [0, 0.1) is 0 Å². The van der Waals surface area contributed by atoms with E-state index in [1.165, 1.54) is 12.1 Å². The predicted molar refractivity (Wildman–Crippen MR) is 72.4 cm³/mol. The summed E-state index contributed by atoms with van der Waals surface area (Å²) in [7, 11) is -1.53. The van der Waals surface area contributed by atoms with E-state index in [0.29, 0.717) is 5.69 Å². The van der Waals surface area contributed by atoms with E-state index < -0.39 is 22.5 Å². The molecule has 0 aliphatic heterocycles. The molecule has 0 saturated carbocycles. The zero-order valence-electron chi connectivity index (χ0n) is 10.4. The smallest absolute Gasteiger partial charge is 0.399 e. The van der Waals surface area contributed by atoms with Gasteiger partial charge >= 0.3 is 6.18 Å². The lowest BCUT2D eigenvalue weighted by Crippen LogP contribution is -2.06. The van der Waals surface area contributed by atoms with E-state index in [1.807, 2.05) is 0 Å². The Morgan fingerprint density at radius 1 is 1.05 bits per heavy atom. The van der Waals surface area contributed by atoms with Gasteiger partial charge in [0, 0.05) is 10.6 Å². The van der Waals surface area contributed by atoms with Crippen LogP contribution >= 0.6 is 0 Å². The van der Waals surface area contributed by atoms with Crippen molar-refractivity contribution in [3.8, 4) is 0 Å². The van der Waals surface area contributed by atoms with Crippen molar-refractivity contribution in [2.24, 2.45) is 0 Å². The molecule has 0 aromatic heterocycles. The van der Waals surface area contributed by atoms with Gasteiger partial charge in [-0.15, -0.1) is 0 Å². The highest BCUT2D eigenvalue weighted by Gasteiger charge is 2.30. The van der Waals surface area contributed by atoms with Gasteiger partial charge in [0.2, 0.25) is 0 Å². The summed E-state index contributed by atoms with van der Waals surface area (Å²) in [5.41, 5.74) is 6.09. The third kappa shape index (κ3) is 3.60. The minimum absolute atomic E-state index is 0.154. The molecule has 2 aromatic carbocycles. The summed E-state index contributed by atoms with van der Waals surface area (Å²) in [5, 5.41) is 0. The Morgan fingerprint density at radius 2 is 1.70 bits per heavy atom. The summed E-state index contributed by atoms with van der Waals surface area (Å²) < 4.78 is 49.9. The molecular weight excluding hydrogens is 287 g/mol. The fourth-order valence-electron chi connectivity index (χ4n) is 1.66. The molecule has 0 fully saturated rings. The normalized spacial score (nSPS) is 13.2. The van der Waals surface area contributed by atoms with Crippen molar-refractivity contribution < 1.29 is 17.4 Å².